The number of hydrogen-bond donors (Lipinski definition) is 3. The highest BCUT2D eigenvalue weighted by atomic mass is 32.2. The molecule has 0 aromatic heterocycles. The maximum Gasteiger partial charge on any atom is 0.170 e. The molecule has 1 saturated heterocycles. The number of thioether (sulfide) groups is 1. The minimum Gasteiger partial charge on any atom is -0.409 e. The number of nitrogens with one attached hydrogen (secondary N) is 1. The van der Waals surface area contributed by atoms with Gasteiger partial charge in [-0.3, -0.25) is 0 Å². The van der Waals surface area contributed by atoms with Gasteiger partial charge in [0.05, 0.1) is 0 Å². The lowest BCUT2D eigenvalue weighted by Gasteiger charge is -2.12. The van der Waals surface area contributed by atoms with Gasteiger partial charge >= 0.3 is 0 Å². The molecule has 19 heavy (non-hydrogen) atoms. The third-order valence-electron chi connectivity index (χ3n) is 3.23. The Hall–Kier alpha value is -1.27. The summed E-state index contributed by atoms with van der Waals surface area (Å²) in [4.78, 5) is 0. The van der Waals surface area contributed by atoms with Crippen LogP contribution in [0.3, 0.4) is 0 Å². The van der Waals surface area contributed by atoms with Crippen LogP contribution in [0.25, 0.3) is 0 Å². The normalized spacial score (nSPS) is 19.8. The minimum absolute atomic E-state index is 0.0623. The summed E-state index contributed by atoms with van der Waals surface area (Å²) < 4.78 is 13.2. The van der Waals surface area contributed by atoms with Gasteiger partial charge in [-0.05, 0) is 48.1 Å². The van der Waals surface area contributed by atoms with Crippen molar-refractivity contribution in [1.29, 1.82) is 0 Å². The summed E-state index contributed by atoms with van der Waals surface area (Å²) in [5.41, 5.74) is 6.84. The van der Waals surface area contributed by atoms with Gasteiger partial charge in [0.2, 0.25) is 0 Å². The van der Waals surface area contributed by atoms with Crippen molar-refractivity contribution in [3.8, 4) is 0 Å². The molecule has 104 valence electrons. The molecule has 1 heterocycles. The van der Waals surface area contributed by atoms with Gasteiger partial charge < -0.3 is 16.3 Å². The Bertz CT molecular complexity index is 461. The Labute approximate surface area is 116 Å². The molecule has 1 aliphatic rings. The molecule has 0 spiro atoms. The molecule has 6 heteroatoms. The van der Waals surface area contributed by atoms with Crippen molar-refractivity contribution >= 4 is 17.6 Å². The first-order chi connectivity index (χ1) is 9.20. The smallest absolute Gasteiger partial charge is 0.170 e. The van der Waals surface area contributed by atoms with Crippen LogP contribution >= 0.6 is 11.8 Å². The number of rotatable bonds is 5. The molecule has 2 rings (SSSR count). The second-order valence-electron chi connectivity index (χ2n) is 4.65. The summed E-state index contributed by atoms with van der Waals surface area (Å²) in [6.07, 6.45) is 1.24. The van der Waals surface area contributed by atoms with Crippen LogP contribution < -0.4 is 11.1 Å². The highest BCUT2D eigenvalue weighted by molar-refractivity contribution is 7.99. The summed E-state index contributed by atoms with van der Waals surface area (Å²) in [5, 5.41) is 15.0. The van der Waals surface area contributed by atoms with Crippen molar-refractivity contribution in [1.82, 2.24) is 5.32 Å². The molecule has 4 nitrogen and oxygen atoms in total. The number of oxime groups is 1. The molecule has 1 aromatic carbocycles. The molecule has 1 aliphatic heterocycles. The Balaban J connectivity index is 1.98. The quantitative estimate of drug-likeness (QED) is 0.333. The number of amidine groups is 1. The van der Waals surface area contributed by atoms with Gasteiger partial charge in [-0.25, -0.2) is 4.39 Å². The Morgan fingerprint density at radius 1 is 1.58 bits per heavy atom. The zero-order valence-corrected chi connectivity index (χ0v) is 11.4. The van der Waals surface area contributed by atoms with Crippen molar-refractivity contribution in [2.75, 3.05) is 18.1 Å². The van der Waals surface area contributed by atoms with E-state index in [2.05, 4.69) is 10.5 Å². The summed E-state index contributed by atoms with van der Waals surface area (Å²) in [5.74, 6) is 2.69. The zero-order valence-electron chi connectivity index (χ0n) is 10.6. The summed E-state index contributed by atoms with van der Waals surface area (Å²) in [7, 11) is 0. The van der Waals surface area contributed by atoms with Gasteiger partial charge in [0, 0.05) is 12.1 Å². The molecule has 4 N–H and O–H groups in total. The van der Waals surface area contributed by atoms with Gasteiger partial charge in [0.25, 0.3) is 0 Å². The number of benzene rings is 1. The lowest BCUT2D eigenvalue weighted by atomic mass is 10.1. The summed E-state index contributed by atoms with van der Waals surface area (Å²) >= 11 is 1.98. The highest BCUT2D eigenvalue weighted by Gasteiger charge is 2.15. The van der Waals surface area contributed by atoms with Crippen LogP contribution in [0, 0.1) is 11.7 Å². The maximum absolute atomic E-state index is 13.2. The fourth-order valence-corrected chi connectivity index (χ4v) is 3.43. The Morgan fingerprint density at radius 3 is 3.11 bits per heavy atom. The SMILES string of the molecule is N/C(=N/O)c1cc(F)ccc1CNCC1CCSC1. The van der Waals surface area contributed by atoms with E-state index in [0.717, 1.165) is 12.1 Å². The van der Waals surface area contributed by atoms with Crippen molar-refractivity contribution in [3.05, 3.63) is 35.1 Å². The third-order valence-corrected chi connectivity index (χ3v) is 4.46. The number of halogens is 1. The van der Waals surface area contributed by atoms with Gasteiger partial charge in [0.1, 0.15) is 5.82 Å². The van der Waals surface area contributed by atoms with E-state index >= 15 is 0 Å². The highest BCUT2D eigenvalue weighted by Crippen LogP contribution is 2.22. The van der Waals surface area contributed by atoms with E-state index in [-0.39, 0.29) is 5.84 Å². The maximum atomic E-state index is 13.2. The number of nitrogens with zero attached hydrogens (tertiary/aromatic N) is 1. The molecular weight excluding hydrogens is 265 g/mol. The lowest BCUT2D eigenvalue weighted by Crippen LogP contribution is -2.24. The first-order valence-electron chi connectivity index (χ1n) is 6.25. The van der Waals surface area contributed by atoms with Gasteiger partial charge in [-0.2, -0.15) is 11.8 Å². The standard InChI is InChI=1S/C13H18FN3OS/c14-11-2-1-10(12(5-11)13(15)17-18)7-16-6-9-3-4-19-8-9/h1-2,5,9,16,18H,3-4,6-8H2,(H2,15,17). The van der Waals surface area contributed by atoms with Crippen LogP contribution in [0.5, 0.6) is 0 Å². The zero-order chi connectivity index (χ0) is 13.7. The van der Waals surface area contributed by atoms with E-state index in [1.54, 1.807) is 6.07 Å². The van der Waals surface area contributed by atoms with Crippen LogP contribution in [0.4, 0.5) is 4.39 Å². The van der Waals surface area contributed by atoms with Crippen molar-refractivity contribution < 1.29 is 9.60 Å². The molecule has 0 saturated carbocycles. The van der Waals surface area contributed by atoms with Crippen LogP contribution in [0.2, 0.25) is 0 Å². The average Bonchev–Trinajstić information content (AvgIpc) is 2.92. The lowest BCUT2D eigenvalue weighted by molar-refractivity contribution is 0.318. The van der Waals surface area contributed by atoms with E-state index in [1.807, 2.05) is 11.8 Å². The molecule has 0 aliphatic carbocycles. The second kappa shape index (κ2) is 6.77. The third kappa shape index (κ3) is 3.84. The van der Waals surface area contributed by atoms with Gasteiger partial charge in [-0.1, -0.05) is 11.2 Å². The van der Waals surface area contributed by atoms with Crippen molar-refractivity contribution in [2.24, 2.45) is 16.8 Å². The van der Waals surface area contributed by atoms with Gasteiger partial charge in [-0.15, -0.1) is 0 Å². The first-order valence-corrected chi connectivity index (χ1v) is 7.41. The van der Waals surface area contributed by atoms with E-state index < -0.39 is 5.82 Å². The van der Waals surface area contributed by atoms with Crippen LogP contribution in [-0.2, 0) is 6.54 Å². The molecule has 0 bridgehead atoms. The van der Waals surface area contributed by atoms with E-state index in [4.69, 9.17) is 10.9 Å². The predicted octanol–water partition coefficient (Wildman–Crippen LogP) is 1.76. The first kappa shape index (κ1) is 14.1. The molecule has 1 fully saturated rings. The van der Waals surface area contributed by atoms with Crippen LogP contribution in [-0.4, -0.2) is 29.1 Å². The minimum atomic E-state index is -0.391. The molecule has 0 amide bonds. The largest absolute Gasteiger partial charge is 0.409 e. The predicted molar refractivity (Wildman–Crippen MR) is 76.0 cm³/mol. The number of nitrogens with two attached hydrogens (primary N) is 1. The second-order valence-corrected chi connectivity index (χ2v) is 5.80. The van der Waals surface area contributed by atoms with E-state index in [1.165, 1.54) is 30.1 Å². The molecule has 1 unspecified atom stereocenters. The molecule has 0 radical (unpaired) electrons. The van der Waals surface area contributed by atoms with E-state index in [0.29, 0.717) is 18.0 Å². The fourth-order valence-electron chi connectivity index (χ4n) is 2.15. The topological polar surface area (TPSA) is 70.6 Å². The Kier molecular flexibility index (Phi) is 5.04. The average molecular weight is 283 g/mol. The van der Waals surface area contributed by atoms with E-state index in [9.17, 15) is 4.39 Å². The van der Waals surface area contributed by atoms with Crippen LogP contribution in [0.1, 0.15) is 17.5 Å². The van der Waals surface area contributed by atoms with Crippen LogP contribution in [0.15, 0.2) is 23.4 Å². The monoisotopic (exact) mass is 283 g/mol. The Morgan fingerprint density at radius 2 is 2.42 bits per heavy atom. The summed E-state index contributed by atoms with van der Waals surface area (Å²) in [6, 6.07) is 4.34. The molecule has 1 atom stereocenters. The number of hydrogen-bond acceptors (Lipinski definition) is 4. The van der Waals surface area contributed by atoms with Gasteiger partial charge in [0.15, 0.2) is 5.84 Å². The summed E-state index contributed by atoms with van der Waals surface area (Å²) in [6.45, 7) is 1.53. The van der Waals surface area contributed by atoms with Crippen molar-refractivity contribution in [2.45, 2.75) is 13.0 Å². The molecule has 1 aromatic rings. The fraction of sp³-hybridized carbons (Fsp3) is 0.462. The van der Waals surface area contributed by atoms with Crippen molar-refractivity contribution in [3.63, 3.8) is 0 Å². The molecular formula is C13H18FN3OS.